The number of hydrogen-bond acceptors (Lipinski definition) is 13. The third-order valence-corrected chi connectivity index (χ3v) is 10.7. The Morgan fingerprint density at radius 3 is 2.42 bits per heavy atom. The first kappa shape index (κ1) is 46.3. The summed E-state index contributed by atoms with van der Waals surface area (Å²) in [5.74, 6) is -0.871. The monoisotopic (exact) mass is 838 g/mol. The first-order valence-electron chi connectivity index (χ1n) is 21.1. The number of carbonyl (C=O) groups is 3. The van der Waals surface area contributed by atoms with Gasteiger partial charge in [-0.1, -0.05) is 51.8 Å². The Morgan fingerprint density at radius 2 is 1.70 bits per heavy atom. The van der Waals surface area contributed by atoms with Gasteiger partial charge in [-0.05, 0) is 50.7 Å². The van der Waals surface area contributed by atoms with Gasteiger partial charge < -0.3 is 44.3 Å². The van der Waals surface area contributed by atoms with Crippen LogP contribution in [0, 0.1) is 5.92 Å². The molecule has 0 aliphatic carbocycles. The molecule has 0 bridgehead atoms. The fraction of sp³-hybridized carbons (Fsp3) is 0.643. The van der Waals surface area contributed by atoms with Crippen molar-refractivity contribution in [2.24, 2.45) is 10.9 Å². The minimum atomic E-state index is -1.01. The molecule has 2 aliphatic rings. The number of ether oxygens (including phenoxy) is 5. The van der Waals surface area contributed by atoms with Gasteiger partial charge in [-0.15, -0.1) is 0 Å². The number of aliphatic imine (C=N–C) groups is 1. The lowest BCUT2D eigenvalue weighted by Crippen LogP contribution is -2.62. The topological polar surface area (TPSA) is 221 Å². The molecule has 4 heterocycles. The van der Waals surface area contributed by atoms with Crippen molar-refractivity contribution < 1.29 is 43.2 Å². The molecule has 0 radical (unpaired) electrons. The van der Waals surface area contributed by atoms with Crippen molar-refractivity contribution in [3.8, 4) is 0 Å². The largest absolute Gasteiger partial charge is 0.456 e. The van der Waals surface area contributed by atoms with Gasteiger partial charge in [0.05, 0.1) is 30.4 Å². The van der Waals surface area contributed by atoms with Crippen LogP contribution in [0.4, 0.5) is 5.95 Å². The maximum Gasteiger partial charge on any atom is 0.338 e. The summed E-state index contributed by atoms with van der Waals surface area (Å²) in [6.45, 7) is 8.60. The standard InChI is InChI=1S/C42H62N8O10/c1-7-29-26(3)35(60-40(55)28-18-12-11-13-19-28)32(46-27(4)51)41(59-29)57-23-17-14-20-31(52)43-21-15-9-10-16-22-56-36-30(8-2)58-39(34(36)53)50-25-44-33-37(50)47-42(48-38(33)54)45-24-49(5)6/h11-13,18-19,24-26,29-30,32,34-36,39,41,53H,7-10,14-17,20-23H2,1-6H3,(H,43,52)(H,46,51)(H,47,48,54)/t26-,29+,30+,32+,34-,35-,36?,39+,41+/m0/s1. The highest BCUT2D eigenvalue weighted by molar-refractivity contribution is 5.89. The predicted octanol–water partition coefficient (Wildman–Crippen LogP) is 3.76. The zero-order chi connectivity index (χ0) is 43.2. The van der Waals surface area contributed by atoms with Crippen LogP contribution in [0.2, 0.25) is 0 Å². The van der Waals surface area contributed by atoms with E-state index >= 15 is 0 Å². The van der Waals surface area contributed by atoms with E-state index in [2.05, 4.69) is 30.6 Å². The van der Waals surface area contributed by atoms with E-state index < -0.39 is 48.4 Å². The number of esters is 1. The van der Waals surface area contributed by atoms with E-state index in [0.717, 1.165) is 25.7 Å². The van der Waals surface area contributed by atoms with Crippen molar-refractivity contribution in [2.75, 3.05) is 33.9 Å². The SMILES string of the molecule is CC[C@H]1O[C@@H](n2cnc3c(=O)[nH]c(N=CN(C)C)nc32)[C@@H](O)C1OCCCCCCNC(=O)CCCCO[C@@H]1O[C@H](CC)[C@H](C)[C@H](OC(=O)c2ccccc2)[C@H]1NC(C)=O. The molecule has 2 amide bonds. The molecule has 0 spiro atoms. The van der Waals surface area contributed by atoms with Crippen molar-refractivity contribution >= 4 is 41.2 Å². The maximum absolute atomic E-state index is 13.0. The summed E-state index contributed by atoms with van der Waals surface area (Å²) in [6, 6.07) is 8.03. The normalized spacial score (nSPS) is 25.4. The number of unbranched alkanes of at least 4 members (excludes halogenated alkanes) is 4. The summed E-state index contributed by atoms with van der Waals surface area (Å²) in [5.41, 5.74) is 0.362. The second-order valence-electron chi connectivity index (χ2n) is 15.6. The van der Waals surface area contributed by atoms with Crippen molar-refractivity contribution in [3.05, 3.63) is 52.6 Å². The summed E-state index contributed by atoms with van der Waals surface area (Å²) in [4.78, 5) is 67.5. The number of amides is 2. The molecule has 330 valence electrons. The Morgan fingerprint density at radius 1 is 0.983 bits per heavy atom. The molecular formula is C42H62N8O10. The van der Waals surface area contributed by atoms with E-state index in [4.69, 9.17) is 23.7 Å². The van der Waals surface area contributed by atoms with Gasteiger partial charge >= 0.3 is 5.97 Å². The highest BCUT2D eigenvalue weighted by Crippen LogP contribution is 2.35. The summed E-state index contributed by atoms with van der Waals surface area (Å²) in [7, 11) is 3.60. The van der Waals surface area contributed by atoms with E-state index in [1.165, 1.54) is 19.6 Å². The van der Waals surface area contributed by atoms with Gasteiger partial charge in [0.2, 0.25) is 17.8 Å². The Hall–Kier alpha value is -4.75. The molecule has 3 aromatic rings. The Kier molecular flexibility index (Phi) is 17.6. The lowest BCUT2D eigenvalue weighted by Gasteiger charge is -2.45. The molecule has 60 heavy (non-hydrogen) atoms. The van der Waals surface area contributed by atoms with Gasteiger partial charge in [0.25, 0.3) is 5.56 Å². The first-order valence-corrected chi connectivity index (χ1v) is 21.1. The van der Waals surface area contributed by atoms with Gasteiger partial charge in [0.1, 0.15) is 24.4 Å². The van der Waals surface area contributed by atoms with Crippen LogP contribution in [-0.4, -0.2) is 130 Å². The summed E-state index contributed by atoms with van der Waals surface area (Å²) >= 11 is 0. The van der Waals surface area contributed by atoms with Crippen molar-refractivity contribution in [2.45, 2.75) is 135 Å². The van der Waals surface area contributed by atoms with Crippen LogP contribution in [0.3, 0.4) is 0 Å². The quantitative estimate of drug-likeness (QED) is 0.0491. The lowest BCUT2D eigenvalue weighted by molar-refractivity contribution is -0.249. The third-order valence-electron chi connectivity index (χ3n) is 10.7. The number of imidazole rings is 1. The fourth-order valence-electron chi connectivity index (χ4n) is 7.54. The number of hydrogen-bond donors (Lipinski definition) is 4. The van der Waals surface area contributed by atoms with E-state index in [1.54, 1.807) is 47.8 Å². The lowest BCUT2D eigenvalue weighted by atomic mass is 9.87. The van der Waals surface area contributed by atoms with E-state index in [0.29, 0.717) is 57.4 Å². The summed E-state index contributed by atoms with van der Waals surface area (Å²) in [5, 5.41) is 17.1. The molecule has 18 heteroatoms. The Balaban J connectivity index is 0.976. The number of benzene rings is 1. The van der Waals surface area contributed by atoms with E-state index in [9.17, 15) is 24.3 Å². The number of nitrogens with zero attached hydrogens (tertiary/aromatic N) is 5. The molecule has 5 rings (SSSR count). The van der Waals surface area contributed by atoms with E-state index in [1.807, 2.05) is 26.8 Å². The number of carbonyl (C=O) groups excluding carboxylic acids is 3. The number of aromatic nitrogens is 4. The van der Waals surface area contributed by atoms with Crippen molar-refractivity contribution in [3.63, 3.8) is 0 Å². The molecule has 2 aliphatic heterocycles. The molecule has 1 aromatic carbocycles. The molecule has 4 N–H and O–H groups in total. The smallest absolute Gasteiger partial charge is 0.338 e. The number of aromatic amines is 1. The van der Waals surface area contributed by atoms with Gasteiger partial charge in [-0.3, -0.25) is 23.9 Å². The molecule has 18 nitrogen and oxygen atoms in total. The number of fused-ring (bicyclic) bond motifs is 1. The summed E-state index contributed by atoms with van der Waals surface area (Å²) < 4.78 is 32.2. The Bertz CT molecular complexity index is 1920. The van der Waals surface area contributed by atoms with Crippen molar-refractivity contribution in [1.82, 2.24) is 35.1 Å². The Labute approximate surface area is 350 Å². The van der Waals surface area contributed by atoms with Crippen LogP contribution in [0.25, 0.3) is 11.2 Å². The van der Waals surface area contributed by atoms with Gasteiger partial charge in [0, 0.05) is 53.1 Å². The highest BCUT2D eigenvalue weighted by atomic mass is 16.7. The minimum absolute atomic E-state index is 0.0329. The average Bonchev–Trinajstić information content (AvgIpc) is 3.80. The molecule has 2 saturated heterocycles. The zero-order valence-electron chi connectivity index (χ0n) is 35.6. The van der Waals surface area contributed by atoms with Crippen LogP contribution >= 0.6 is 0 Å². The fourth-order valence-corrected chi connectivity index (χ4v) is 7.54. The molecule has 0 saturated carbocycles. The number of nitrogens with one attached hydrogen (secondary N) is 3. The van der Waals surface area contributed by atoms with E-state index in [-0.39, 0.29) is 47.1 Å². The third kappa shape index (κ3) is 12.4. The van der Waals surface area contributed by atoms with Crippen LogP contribution in [0.1, 0.15) is 102 Å². The van der Waals surface area contributed by atoms with Crippen LogP contribution in [0.15, 0.2) is 46.4 Å². The second kappa shape index (κ2) is 22.7. The van der Waals surface area contributed by atoms with Crippen molar-refractivity contribution in [1.29, 1.82) is 0 Å². The number of H-pyrrole nitrogens is 1. The predicted molar refractivity (Wildman–Crippen MR) is 223 cm³/mol. The van der Waals surface area contributed by atoms with Gasteiger partial charge in [-0.2, -0.15) is 4.98 Å². The molecule has 9 atom stereocenters. The minimum Gasteiger partial charge on any atom is -0.456 e. The first-order chi connectivity index (χ1) is 28.9. The summed E-state index contributed by atoms with van der Waals surface area (Å²) in [6.07, 6.45) is 4.70. The maximum atomic E-state index is 13.0. The second-order valence-corrected chi connectivity index (χ2v) is 15.6. The highest BCUT2D eigenvalue weighted by Gasteiger charge is 2.47. The van der Waals surface area contributed by atoms with Crippen LogP contribution < -0.4 is 16.2 Å². The molecule has 2 aromatic heterocycles. The number of aliphatic hydroxyl groups excluding tert-OH is 1. The van der Waals surface area contributed by atoms with Crippen LogP contribution in [0.5, 0.6) is 0 Å². The number of rotatable bonds is 22. The number of aliphatic hydroxyl groups is 1. The average molecular weight is 839 g/mol. The molecule has 2 fully saturated rings. The zero-order valence-corrected chi connectivity index (χ0v) is 35.6. The van der Waals surface area contributed by atoms with Crippen LogP contribution in [-0.2, 0) is 33.3 Å². The van der Waals surface area contributed by atoms with Gasteiger partial charge in [-0.25, -0.2) is 14.8 Å². The molecule has 1 unspecified atom stereocenters. The van der Waals surface area contributed by atoms with Gasteiger partial charge in [0.15, 0.2) is 23.7 Å². The molecular weight excluding hydrogens is 777 g/mol.